The molecule has 0 unspecified atom stereocenters. The Morgan fingerprint density at radius 2 is 2.10 bits per heavy atom. The standard InChI is InChI=1S/C16H23FN2O/c1-16(2,12-18)8-4-5-9-20-15-7-6-13(11-19-3)10-14(15)17/h6-7,10,19H,4-5,8-9,11H2,1-3H3. The third-order valence-electron chi connectivity index (χ3n) is 3.13. The van der Waals surface area contributed by atoms with Gasteiger partial charge in [-0.15, -0.1) is 0 Å². The first-order valence-electron chi connectivity index (χ1n) is 6.95. The first kappa shape index (κ1) is 16.5. The van der Waals surface area contributed by atoms with E-state index in [1.165, 1.54) is 6.07 Å². The molecule has 1 aromatic carbocycles. The summed E-state index contributed by atoms with van der Waals surface area (Å²) in [4.78, 5) is 0. The number of ether oxygens (including phenoxy) is 1. The molecule has 0 bridgehead atoms. The van der Waals surface area contributed by atoms with Gasteiger partial charge in [0.2, 0.25) is 0 Å². The number of rotatable bonds is 8. The molecule has 110 valence electrons. The van der Waals surface area contributed by atoms with E-state index in [1.54, 1.807) is 6.07 Å². The highest BCUT2D eigenvalue weighted by Gasteiger charge is 2.15. The van der Waals surface area contributed by atoms with Gasteiger partial charge in [-0.1, -0.05) is 6.07 Å². The minimum absolute atomic E-state index is 0.292. The molecule has 1 aromatic rings. The topological polar surface area (TPSA) is 45.0 Å². The van der Waals surface area contributed by atoms with Crippen molar-refractivity contribution in [3.8, 4) is 11.8 Å². The summed E-state index contributed by atoms with van der Waals surface area (Å²) >= 11 is 0. The second-order valence-electron chi connectivity index (χ2n) is 5.60. The summed E-state index contributed by atoms with van der Waals surface area (Å²) in [6, 6.07) is 7.28. The van der Waals surface area contributed by atoms with Gasteiger partial charge in [-0.25, -0.2) is 4.39 Å². The Morgan fingerprint density at radius 3 is 2.70 bits per heavy atom. The lowest BCUT2D eigenvalue weighted by molar-refractivity contribution is 0.282. The van der Waals surface area contributed by atoms with Crippen LogP contribution >= 0.6 is 0 Å². The molecule has 0 amide bonds. The van der Waals surface area contributed by atoms with Gasteiger partial charge in [0.1, 0.15) is 0 Å². The third-order valence-corrected chi connectivity index (χ3v) is 3.13. The maximum Gasteiger partial charge on any atom is 0.165 e. The molecule has 0 aliphatic heterocycles. The van der Waals surface area contributed by atoms with Crippen LogP contribution in [0.1, 0.15) is 38.7 Å². The Hall–Kier alpha value is -1.60. The molecule has 3 nitrogen and oxygen atoms in total. The van der Waals surface area contributed by atoms with E-state index in [-0.39, 0.29) is 11.2 Å². The fraction of sp³-hybridized carbons (Fsp3) is 0.562. The van der Waals surface area contributed by atoms with Crippen molar-refractivity contribution in [3.05, 3.63) is 29.6 Å². The van der Waals surface area contributed by atoms with Gasteiger partial charge in [0.05, 0.1) is 18.1 Å². The number of nitrogens with zero attached hydrogens (tertiary/aromatic N) is 1. The van der Waals surface area contributed by atoms with Gasteiger partial charge in [-0.3, -0.25) is 0 Å². The SMILES string of the molecule is CNCc1ccc(OCCCCC(C)(C)C#N)c(F)c1. The molecule has 20 heavy (non-hydrogen) atoms. The first-order valence-corrected chi connectivity index (χ1v) is 6.95. The van der Waals surface area contributed by atoms with Gasteiger partial charge in [0.25, 0.3) is 0 Å². The van der Waals surface area contributed by atoms with Crippen LogP contribution in [-0.4, -0.2) is 13.7 Å². The number of hydrogen-bond donors (Lipinski definition) is 1. The average molecular weight is 278 g/mol. The van der Waals surface area contributed by atoms with Crippen LogP contribution in [0.2, 0.25) is 0 Å². The summed E-state index contributed by atoms with van der Waals surface area (Å²) in [6.07, 6.45) is 2.55. The van der Waals surface area contributed by atoms with Gasteiger partial charge in [-0.05, 0) is 57.9 Å². The van der Waals surface area contributed by atoms with E-state index < -0.39 is 0 Å². The molecule has 0 fully saturated rings. The molecule has 0 spiro atoms. The Balaban J connectivity index is 2.34. The molecule has 1 rings (SSSR count). The van der Waals surface area contributed by atoms with Gasteiger partial charge in [0, 0.05) is 6.54 Å². The fourth-order valence-electron chi connectivity index (χ4n) is 1.88. The molecule has 0 heterocycles. The fourth-order valence-corrected chi connectivity index (χ4v) is 1.88. The van der Waals surface area contributed by atoms with Gasteiger partial charge in [0.15, 0.2) is 11.6 Å². The second-order valence-corrected chi connectivity index (χ2v) is 5.60. The Labute approximate surface area is 120 Å². The summed E-state index contributed by atoms with van der Waals surface area (Å²) in [6.45, 7) is 4.96. The maximum atomic E-state index is 13.7. The molecule has 0 atom stereocenters. The van der Waals surface area contributed by atoms with Gasteiger partial charge < -0.3 is 10.1 Å². The lowest BCUT2D eigenvalue weighted by atomic mass is 9.89. The Kier molecular flexibility index (Phi) is 6.47. The summed E-state index contributed by atoms with van der Waals surface area (Å²) in [5.41, 5.74) is 0.605. The van der Waals surface area contributed by atoms with Crippen LogP contribution in [-0.2, 0) is 6.54 Å². The largest absolute Gasteiger partial charge is 0.491 e. The molecule has 0 radical (unpaired) electrons. The van der Waals surface area contributed by atoms with E-state index in [1.807, 2.05) is 27.0 Å². The summed E-state index contributed by atoms with van der Waals surface area (Å²) in [5.74, 6) is -0.0282. The van der Waals surface area contributed by atoms with Crippen molar-refractivity contribution in [3.63, 3.8) is 0 Å². The van der Waals surface area contributed by atoms with E-state index >= 15 is 0 Å². The minimum atomic E-state index is -0.324. The highest BCUT2D eigenvalue weighted by atomic mass is 19.1. The molecular weight excluding hydrogens is 255 g/mol. The zero-order valence-electron chi connectivity index (χ0n) is 12.5. The quantitative estimate of drug-likeness (QED) is 0.738. The monoisotopic (exact) mass is 278 g/mol. The maximum absolute atomic E-state index is 13.7. The molecule has 1 N–H and O–H groups in total. The van der Waals surface area contributed by atoms with Crippen molar-refractivity contribution in [2.45, 2.75) is 39.7 Å². The van der Waals surface area contributed by atoms with Crippen LogP contribution in [0.15, 0.2) is 18.2 Å². The highest BCUT2D eigenvalue weighted by molar-refractivity contribution is 5.29. The second kappa shape index (κ2) is 7.86. The predicted molar refractivity (Wildman–Crippen MR) is 77.9 cm³/mol. The number of benzene rings is 1. The predicted octanol–water partition coefficient (Wildman–Crippen LogP) is 3.64. The van der Waals surface area contributed by atoms with Crippen LogP contribution in [0.4, 0.5) is 4.39 Å². The van der Waals surface area contributed by atoms with Gasteiger partial charge in [-0.2, -0.15) is 5.26 Å². The number of unbranched alkanes of at least 4 members (excludes halogenated alkanes) is 1. The zero-order valence-corrected chi connectivity index (χ0v) is 12.5. The van der Waals surface area contributed by atoms with Crippen LogP contribution in [0, 0.1) is 22.6 Å². The minimum Gasteiger partial charge on any atom is -0.491 e. The first-order chi connectivity index (χ1) is 9.48. The Bertz CT molecular complexity index is 466. The number of nitrogens with one attached hydrogen (secondary N) is 1. The smallest absolute Gasteiger partial charge is 0.165 e. The molecule has 0 saturated carbocycles. The van der Waals surface area contributed by atoms with Crippen molar-refractivity contribution in [2.75, 3.05) is 13.7 Å². The summed E-state index contributed by atoms with van der Waals surface area (Å²) in [7, 11) is 1.82. The number of halogens is 1. The van der Waals surface area contributed by atoms with E-state index in [2.05, 4.69) is 11.4 Å². The highest BCUT2D eigenvalue weighted by Crippen LogP contribution is 2.22. The van der Waals surface area contributed by atoms with Crippen molar-refractivity contribution >= 4 is 0 Å². The van der Waals surface area contributed by atoms with Crippen molar-refractivity contribution in [2.24, 2.45) is 5.41 Å². The number of hydrogen-bond acceptors (Lipinski definition) is 3. The van der Waals surface area contributed by atoms with E-state index in [0.29, 0.717) is 18.9 Å². The van der Waals surface area contributed by atoms with Crippen molar-refractivity contribution < 1.29 is 9.13 Å². The third kappa shape index (κ3) is 5.58. The average Bonchev–Trinajstić information content (AvgIpc) is 2.41. The van der Waals surface area contributed by atoms with Crippen molar-refractivity contribution in [1.82, 2.24) is 5.32 Å². The van der Waals surface area contributed by atoms with Crippen LogP contribution in [0.3, 0.4) is 0 Å². The van der Waals surface area contributed by atoms with E-state index in [0.717, 1.165) is 24.8 Å². The van der Waals surface area contributed by atoms with Gasteiger partial charge >= 0.3 is 0 Å². The zero-order chi connectivity index (χ0) is 15.0. The molecule has 0 saturated heterocycles. The lowest BCUT2D eigenvalue weighted by Gasteiger charge is -2.14. The lowest BCUT2D eigenvalue weighted by Crippen LogP contribution is -2.09. The molecule has 0 aromatic heterocycles. The molecular formula is C16H23FN2O. The van der Waals surface area contributed by atoms with Crippen LogP contribution in [0.25, 0.3) is 0 Å². The summed E-state index contributed by atoms with van der Waals surface area (Å²) in [5, 5.41) is 11.9. The van der Waals surface area contributed by atoms with E-state index in [9.17, 15) is 4.39 Å². The molecule has 0 aliphatic carbocycles. The number of nitriles is 1. The molecule has 0 aliphatic rings. The van der Waals surface area contributed by atoms with Crippen LogP contribution < -0.4 is 10.1 Å². The van der Waals surface area contributed by atoms with E-state index in [4.69, 9.17) is 10.00 Å². The summed E-state index contributed by atoms with van der Waals surface area (Å²) < 4.78 is 19.2. The Morgan fingerprint density at radius 1 is 1.35 bits per heavy atom. The normalized spacial score (nSPS) is 11.2. The molecule has 4 heteroatoms. The van der Waals surface area contributed by atoms with Crippen molar-refractivity contribution in [1.29, 1.82) is 5.26 Å². The van der Waals surface area contributed by atoms with Crippen LogP contribution in [0.5, 0.6) is 5.75 Å².